The van der Waals surface area contributed by atoms with E-state index in [1.807, 2.05) is 12.3 Å². The molecule has 1 heterocycles. The van der Waals surface area contributed by atoms with Crippen molar-refractivity contribution in [2.24, 2.45) is 11.3 Å². The molecule has 1 aromatic heterocycles. The molecule has 0 aliphatic heterocycles. The Morgan fingerprint density at radius 2 is 2.05 bits per heavy atom. The van der Waals surface area contributed by atoms with Crippen LogP contribution in [0.3, 0.4) is 0 Å². The highest BCUT2D eigenvalue weighted by Gasteiger charge is 2.34. The van der Waals surface area contributed by atoms with Gasteiger partial charge in [-0.3, -0.25) is 9.59 Å². The number of aromatic nitrogens is 1. The summed E-state index contributed by atoms with van der Waals surface area (Å²) < 4.78 is 1.69. The summed E-state index contributed by atoms with van der Waals surface area (Å²) in [5.41, 5.74) is 1.16. The van der Waals surface area contributed by atoms with Crippen molar-refractivity contribution in [2.75, 3.05) is 0 Å². The number of amides is 1. The van der Waals surface area contributed by atoms with Crippen molar-refractivity contribution in [3.8, 4) is 0 Å². The van der Waals surface area contributed by atoms with Crippen LogP contribution in [0, 0.1) is 18.3 Å². The lowest BCUT2D eigenvalue weighted by Gasteiger charge is -2.40. The molecule has 2 atom stereocenters. The maximum Gasteiger partial charge on any atom is 0.307 e. The Hall–Kier alpha value is -1.10. The van der Waals surface area contributed by atoms with E-state index in [9.17, 15) is 9.59 Å². The van der Waals surface area contributed by atoms with Crippen LogP contribution < -0.4 is 10.2 Å². The zero-order valence-electron chi connectivity index (χ0n) is 14.1. The third kappa shape index (κ3) is 4.22. The number of hydrogen-bond donors (Lipinski definition) is 1. The lowest BCUT2D eigenvalue weighted by molar-refractivity contribution is -0.123. The van der Waals surface area contributed by atoms with Crippen LogP contribution in [0.2, 0.25) is 0 Å². The fourth-order valence-corrected chi connectivity index (χ4v) is 4.27. The van der Waals surface area contributed by atoms with E-state index in [0.717, 1.165) is 12.1 Å². The van der Waals surface area contributed by atoms with Crippen LogP contribution in [0.25, 0.3) is 0 Å². The van der Waals surface area contributed by atoms with E-state index >= 15 is 0 Å². The maximum atomic E-state index is 12.3. The zero-order valence-corrected chi connectivity index (χ0v) is 15.0. The number of aryl methyl sites for hydroxylation is 1. The van der Waals surface area contributed by atoms with E-state index < -0.39 is 0 Å². The first-order valence-corrected chi connectivity index (χ1v) is 9.11. The molecule has 1 aliphatic rings. The molecule has 1 aliphatic carbocycles. The number of rotatable bonds is 4. The first kappa shape index (κ1) is 17.3. The predicted molar refractivity (Wildman–Crippen MR) is 91.3 cm³/mol. The van der Waals surface area contributed by atoms with Gasteiger partial charge in [-0.05, 0) is 31.1 Å². The highest BCUT2D eigenvalue weighted by Crippen LogP contribution is 2.37. The van der Waals surface area contributed by atoms with Crippen molar-refractivity contribution in [3.05, 3.63) is 20.7 Å². The van der Waals surface area contributed by atoms with Crippen LogP contribution in [-0.2, 0) is 11.3 Å². The van der Waals surface area contributed by atoms with E-state index in [1.54, 1.807) is 4.57 Å². The van der Waals surface area contributed by atoms with Gasteiger partial charge >= 0.3 is 4.87 Å². The molecule has 5 heteroatoms. The molecule has 1 saturated carbocycles. The molecule has 0 aromatic carbocycles. The Bertz CT molecular complexity index is 568. The molecule has 22 heavy (non-hydrogen) atoms. The molecule has 1 N–H and O–H groups in total. The topological polar surface area (TPSA) is 51.1 Å². The van der Waals surface area contributed by atoms with Gasteiger partial charge in [0.15, 0.2) is 0 Å². The highest BCUT2D eigenvalue weighted by molar-refractivity contribution is 7.07. The van der Waals surface area contributed by atoms with Crippen molar-refractivity contribution in [3.63, 3.8) is 0 Å². The largest absolute Gasteiger partial charge is 0.353 e. The van der Waals surface area contributed by atoms with Gasteiger partial charge < -0.3 is 9.88 Å². The molecule has 2 unspecified atom stereocenters. The van der Waals surface area contributed by atoms with Gasteiger partial charge in [0.2, 0.25) is 5.91 Å². The maximum absolute atomic E-state index is 12.3. The molecule has 0 radical (unpaired) electrons. The van der Waals surface area contributed by atoms with Crippen LogP contribution >= 0.6 is 11.3 Å². The van der Waals surface area contributed by atoms with Gasteiger partial charge in [-0.25, -0.2) is 0 Å². The number of nitrogens with zero attached hydrogens (tertiary/aromatic N) is 1. The Kier molecular flexibility index (Phi) is 5.48. The monoisotopic (exact) mass is 324 g/mol. The number of carbonyl (C=O) groups is 1. The van der Waals surface area contributed by atoms with Crippen molar-refractivity contribution < 1.29 is 4.79 Å². The van der Waals surface area contributed by atoms with Crippen molar-refractivity contribution in [1.29, 1.82) is 0 Å². The van der Waals surface area contributed by atoms with Crippen molar-refractivity contribution in [1.82, 2.24) is 9.88 Å². The quantitative estimate of drug-likeness (QED) is 0.923. The highest BCUT2D eigenvalue weighted by atomic mass is 32.1. The van der Waals surface area contributed by atoms with Gasteiger partial charge in [0, 0.05) is 30.1 Å². The molecule has 4 nitrogen and oxygen atoms in total. The van der Waals surface area contributed by atoms with Gasteiger partial charge in [-0.15, -0.1) is 0 Å². The smallest absolute Gasteiger partial charge is 0.307 e. The van der Waals surface area contributed by atoms with Gasteiger partial charge in [-0.1, -0.05) is 44.9 Å². The van der Waals surface area contributed by atoms with E-state index in [4.69, 9.17) is 0 Å². The van der Waals surface area contributed by atoms with E-state index in [2.05, 4.69) is 26.1 Å². The Morgan fingerprint density at radius 1 is 1.36 bits per heavy atom. The molecular weight excluding hydrogens is 296 g/mol. The van der Waals surface area contributed by atoms with Crippen molar-refractivity contribution >= 4 is 17.2 Å². The fourth-order valence-electron chi connectivity index (χ4n) is 3.51. The van der Waals surface area contributed by atoms with Gasteiger partial charge in [0.25, 0.3) is 0 Å². The van der Waals surface area contributed by atoms with Crippen LogP contribution in [-0.4, -0.2) is 16.5 Å². The number of carbonyl (C=O) groups excluding carboxylic acids is 1. The fraction of sp³-hybridized carbons (Fsp3) is 0.765. The van der Waals surface area contributed by atoms with Gasteiger partial charge in [-0.2, -0.15) is 0 Å². The van der Waals surface area contributed by atoms with E-state index in [1.165, 1.54) is 30.6 Å². The lowest BCUT2D eigenvalue weighted by atomic mass is 9.69. The standard InChI is InChI=1S/C17H28N2O2S/c1-12-11-22-16(21)19(12)10-9-15(20)18-14-8-6-5-7-13(14)17(2,3)4/h11,13-14H,5-10H2,1-4H3,(H,18,20). The number of nitrogens with one attached hydrogen (secondary N) is 1. The Morgan fingerprint density at radius 3 is 2.64 bits per heavy atom. The summed E-state index contributed by atoms with van der Waals surface area (Å²) in [6.07, 6.45) is 5.10. The second-order valence-electron chi connectivity index (χ2n) is 7.48. The average molecular weight is 324 g/mol. The predicted octanol–water partition coefficient (Wildman–Crippen LogP) is 3.33. The third-order valence-electron chi connectivity index (χ3n) is 4.76. The minimum atomic E-state index is 0.0236. The molecular formula is C17H28N2O2S. The molecule has 1 fully saturated rings. The minimum absolute atomic E-state index is 0.0236. The average Bonchev–Trinajstić information content (AvgIpc) is 2.75. The molecule has 124 valence electrons. The summed E-state index contributed by atoms with van der Waals surface area (Å²) in [5, 5.41) is 5.07. The number of thiazole rings is 1. The van der Waals surface area contributed by atoms with Gasteiger partial charge in [0.05, 0.1) is 0 Å². The minimum Gasteiger partial charge on any atom is -0.353 e. The summed E-state index contributed by atoms with van der Waals surface area (Å²) in [5.74, 6) is 0.606. The summed E-state index contributed by atoms with van der Waals surface area (Å²) >= 11 is 1.20. The molecule has 2 rings (SSSR count). The molecule has 0 saturated heterocycles. The third-order valence-corrected chi connectivity index (χ3v) is 5.64. The van der Waals surface area contributed by atoms with E-state index in [0.29, 0.717) is 18.9 Å². The summed E-state index contributed by atoms with van der Waals surface area (Å²) in [4.78, 5) is 24.0. The Balaban J connectivity index is 1.92. The van der Waals surface area contributed by atoms with Crippen LogP contribution in [0.4, 0.5) is 0 Å². The first-order chi connectivity index (χ1) is 10.3. The second kappa shape index (κ2) is 6.99. The van der Waals surface area contributed by atoms with Crippen LogP contribution in [0.5, 0.6) is 0 Å². The normalized spacial score (nSPS) is 22.5. The summed E-state index contributed by atoms with van der Waals surface area (Å²) in [6.45, 7) is 9.17. The lowest BCUT2D eigenvalue weighted by Crippen LogP contribution is -2.46. The molecule has 0 spiro atoms. The molecule has 1 aromatic rings. The van der Waals surface area contributed by atoms with Crippen LogP contribution in [0.15, 0.2) is 10.2 Å². The van der Waals surface area contributed by atoms with E-state index in [-0.39, 0.29) is 22.2 Å². The second-order valence-corrected chi connectivity index (χ2v) is 8.30. The zero-order chi connectivity index (χ0) is 16.3. The SMILES string of the molecule is Cc1csc(=O)n1CCC(=O)NC1CCCCC1C(C)(C)C. The first-order valence-electron chi connectivity index (χ1n) is 8.23. The van der Waals surface area contributed by atoms with Crippen molar-refractivity contribution in [2.45, 2.75) is 72.4 Å². The summed E-state index contributed by atoms with van der Waals surface area (Å²) in [7, 11) is 0. The summed E-state index contributed by atoms with van der Waals surface area (Å²) in [6, 6.07) is 0.279. The van der Waals surface area contributed by atoms with Crippen LogP contribution in [0.1, 0.15) is 58.6 Å². The molecule has 0 bridgehead atoms. The van der Waals surface area contributed by atoms with Gasteiger partial charge in [0.1, 0.15) is 0 Å². The number of hydrogen-bond acceptors (Lipinski definition) is 3. The molecule has 1 amide bonds. The Labute approximate surface area is 136 Å².